The normalized spacial score (nSPS) is 16.3. The Kier molecular flexibility index (Phi) is 5.06. The molecule has 23 heavy (non-hydrogen) atoms. The number of carbonyl (C=O) groups excluding carboxylic acids is 1. The summed E-state index contributed by atoms with van der Waals surface area (Å²) >= 11 is 0.101. The molecule has 0 aliphatic carbocycles. The molecule has 1 saturated heterocycles. The van der Waals surface area contributed by atoms with Gasteiger partial charge in [0.15, 0.2) is 5.67 Å². The van der Waals surface area contributed by atoms with Crippen LogP contribution in [0.5, 0.6) is 0 Å². The zero-order valence-corrected chi connectivity index (χ0v) is 14.6. The van der Waals surface area contributed by atoms with Gasteiger partial charge in [0.1, 0.15) is 16.1 Å². The Hall–Kier alpha value is -1.53. The molecule has 1 aromatic rings. The van der Waals surface area contributed by atoms with Gasteiger partial charge in [0.25, 0.3) is 5.91 Å². The van der Waals surface area contributed by atoms with E-state index in [4.69, 9.17) is 10.5 Å². The number of hydrogen-bond donors (Lipinski definition) is 1. The Morgan fingerprint density at radius 1 is 1.22 bits per heavy atom. The number of amides is 1. The van der Waals surface area contributed by atoms with E-state index in [0.29, 0.717) is 11.1 Å². The second-order valence-corrected chi connectivity index (χ2v) is 7.15. The minimum absolute atomic E-state index is 0.0123. The third kappa shape index (κ3) is 3.23. The summed E-state index contributed by atoms with van der Waals surface area (Å²) < 4.78 is 31.3. The van der Waals surface area contributed by atoms with Crippen molar-refractivity contribution in [3.8, 4) is 0 Å². The fraction of sp³-hybridized carbons (Fsp3) is 0.529. The van der Waals surface area contributed by atoms with Crippen molar-refractivity contribution in [3.05, 3.63) is 34.4 Å². The second kappa shape index (κ2) is 6.53. The molecule has 0 unspecified atom stereocenters. The van der Waals surface area contributed by atoms with Gasteiger partial charge in [-0.1, -0.05) is 39.8 Å². The van der Waals surface area contributed by atoms with Crippen LogP contribution in [-0.2, 0) is 26.5 Å². The first-order chi connectivity index (χ1) is 10.7. The SMILES string of the molecule is CC(C)c1cc(C2(F)COC2)cc(C(C)C)c1C(=S=O)C(N)=O. The number of halogens is 1. The van der Waals surface area contributed by atoms with Crippen molar-refractivity contribution in [2.24, 2.45) is 5.73 Å². The first kappa shape index (κ1) is 17.8. The Bertz CT molecular complexity index is 660. The van der Waals surface area contributed by atoms with Gasteiger partial charge in [0.05, 0.1) is 13.2 Å². The van der Waals surface area contributed by atoms with Gasteiger partial charge in [-0.15, -0.1) is 0 Å². The summed E-state index contributed by atoms with van der Waals surface area (Å²) in [7, 11) is 0. The fourth-order valence-corrected chi connectivity index (χ4v) is 3.17. The maximum atomic E-state index is 14.8. The molecule has 1 amide bonds. The van der Waals surface area contributed by atoms with E-state index in [1.165, 1.54) is 0 Å². The molecule has 0 bridgehead atoms. The molecule has 4 nitrogen and oxygen atoms in total. The lowest BCUT2D eigenvalue weighted by atomic mass is 9.81. The van der Waals surface area contributed by atoms with E-state index in [2.05, 4.69) is 0 Å². The molecule has 1 aromatic carbocycles. The van der Waals surface area contributed by atoms with Gasteiger partial charge < -0.3 is 10.5 Å². The van der Waals surface area contributed by atoms with Crippen LogP contribution in [0.15, 0.2) is 12.1 Å². The van der Waals surface area contributed by atoms with Crippen LogP contribution in [0.1, 0.15) is 61.8 Å². The summed E-state index contributed by atoms with van der Waals surface area (Å²) in [6.07, 6.45) is 0. The summed E-state index contributed by atoms with van der Waals surface area (Å²) in [5.41, 5.74) is 6.54. The van der Waals surface area contributed by atoms with Gasteiger partial charge in [0.2, 0.25) is 0 Å². The predicted octanol–water partition coefficient (Wildman–Crippen LogP) is 2.35. The molecule has 0 saturated carbocycles. The van der Waals surface area contributed by atoms with Crippen LogP contribution in [0.4, 0.5) is 4.39 Å². The van der Waals surface area contributed by atoms with Crippen molar-refractivity contribution >= 4 is 22.0 Å². The first-order valence-electron chi connectivity index (χ1n) is 7.63. The second-order valence-electron chi connectivity index (χ2n) is 6.57. The quantitative estimate of drug-likeness (QED) is 0.661. The number of alkyl halides is 1. The number of ether oxygens (including phenoxy) is 1. The Labute approximate surface area is 139 Å². The average Bonchev–Trinajstić information content (AvgIpc) is 2.44. The number of primary amides is 1. The number of nitrogens with two attached hydrogens (primary N) is 1. The summed E-state index contributed by atoms with van der Waals surface area (Å²) in [4.78, 5) is 11.7. The largest absolute Gasteiger partial charge is 0.374 e. The molecule has 1 aliphatic heterocycles. The molecule has 1 aliphatic rings. The Morgan fingerprint density at radius 2 is 1.70 bits per heavy atom. The predicted molar refractivity (Wildman–Crippen MR) is 89.7 cm³/mol. The number of hydrogen-bond acceptors (Lipinski definition) is 3. The molecule has 126 valence electrons. The van der Waals surface area contributed by atoms with Crippen molar-refractivity contribution < 1.29 is 18.1 Å². The van der Waals surface area contributed by atoms with Gasteiger partial charge in [-0.3, -0.25) is 4.79 Å². The molecular formula is C17H22FNO3S. The van der Waals surface area contributed by atoms with E-state index in [9.17, 15) is 13.4 Å². The monoisotopic (exact) mass is 339 g/mol. The van der Waals surface area contributed by atoms with Crippen LogP contribution in [0.2, 0.25) is 0 Å². The summed E-state index contributed by atoms with van der Waals surface area (Å²) in [5.74, 6) is -0.703. The zero-order chi connectivity index (χ0) is 17.4. The van der Waals surface area contributed by atoms with E-state index < -0.39 is 11.6 Å². The highest BCUT2D eigenvalue weighted by atomic mass is 32.1. The van der Waals surface area contributed by atoms with Crippen LogP contribution >= 0.6 is 0 Å². The smallest absolute Gasteiger partial charge is 0.262 e. The highest BCUT2D eigenvalue weighted by Crippen LogP contribution is 2.39. The van der Waals surface area contributed by atoms with E-state index in [1.807, 2.05) is 27.7 Å². The standard InChI is InChI=1S/C17H22FNO3S/c1-9(2)12-5-11(17(18)7-22-8-17)6-13(10(3)4)14(12)15(23-21)16(19)20/h5-6,9-10H,7-8H2,1-4H3,(H2,19,20). The molecule has 0 aromatic heterocycles. The minimum Gasteiger partial charge on any atom is -0.374 e. The van der Waals surface area contributed by atoms with Gasteiger partial charge >= 0.3 is 0 Å². The first-order valence-corrected chi connectivity index (χ1v) is 8.37. The third-order valence-corrected chi connectivity index (χ3v) is 4.73. The van der Waals surface area contributed by atoms with Crippen molar-refractivity contribution in [2.75, 3.05) is 13.2 Å². The lowest BCUT2D eigenvalue weighted by molar-refractivity contribution is -0.135. The minimum atomic E-state index is -1.50. The fourth-order valence-electron chi connectivity index (χ4n) is 2.77. The highest BCUT2D eigenvalue weighted by Gasteiger charge is 2.42. The van der Waals surface area contributed by atoms with E-state index in [-0.39, 0.29) is 41.2 Å². The molecule has 0 spiro atoms. The molecular weight excluding hydrogens is 317 g/mol. The maximum Gasteiger partial charge on any atom is 0.262 e. The third-order valence-electron chi connectivity index (χ3n) is 4.16. The molecule has 2 N–H and O–H groups in total. The van der Waals surface area contributed by atoms with Gasteiger partial charge in [0, 0.05) is 5.56 Å². The Morgan fingerprint density at radius 3 is 1.96 bits per heavy atom. The lowest BCUT2D eigenvalue weighted by Gasteiger charge is -2.35. The van der Waals surface area contributed by atoms with Gasteiger partial charge in [-0.05, 0) is 28.5 Å². The number of benzene rings is 1. The van der Waals surface area contributed by atoms with Crippen LogP contribution in [0.3, 0.4) is 0 Å². The van der Waals surface area contributed by atoms with Crippen molar-refractivity contribution in [1.82, 2.24) is 0 Å². The number of carbonyl (C=O) groups is 1. The van der Waals surface area contributed by atoms with Crippen molar-refractivity contribution in [3.63, 3.8) is 0 Å². The van der Waals surface area contributed by atoms with Crippen molar-refractivity contribution in [2.45, 2.75) is 45.2 Å². The van der Waals surface area contributed by atoms with E-state index >= 15 is 0 Å². The number of rotatable bonds is 5. The summed E-state index contributed by atoms with van der Waals surface area (Å²) in [6, 6.07) is 3.49. The summed E-state index contributed by atoms with van der Waals surface area (Å²) in [6.45, 7) is 7.85. The summed E-state index contributed by atoms with van der Waals surface area (Å²) in [5, 5.41) is 0. The molecule has 0 radical (unpaired) electrons. The van der Waals surface area contributed by atoms with Crippen LogP contribution in [0, 0.1) is 0 Å². The highest BCUT2D eigenvalue weighted by molar-refractivity contribution is 7.69. The molecule has 2 rings (SSSR count). The molecule has 1 heterocycles. The van der Waals surface area contributed by atoms with Crippen LogP contribution < -0.4 is 5.73 Å². The molecule has 1 fully saturated rings. The topological polar surface area (TPSA) is 69.4 Å². The van der Waals surface area contributed by atoms with Crippen molar-refractivity contribution in [1.29, 1.82) is 0 Å². The van der Waals surface area contributed by atoms with Gasteiger partial charge in [-0.2, -0.15) is 0 Å². The van der Waals surface area contributed by atoms with Crippen LogP contribution in [0.25, 0.3) is 0 Å². The molecule has 6 heteroatoms. The average molecular weight is 339 g/mol. The lowest BCUT2D eigenvalue weighted by Crippen LogP contribution is -2.43. The Balaban J connectivity index is 2.78. The van der Waals surface area contributed by atoms with E-state index in [1.54, 1.807) is 12.1 Å². The van der Waals surface area contributed by atoms with Crippen LogP contribution in [-0.4, -0.2) is 28.2 Å². The maximum absolute atomic E-state index is 14.8. The van der Waals surface area contributed by atoms with E-state index in [0.717, 1.165) is 11.1 Å². The molecule has 0 atom stereocenters. The zero-order valence-electron chi connectivity index (χ0n) is 13.8. The van der Waals surface area contributed by atoms with Gasteiger partial charge in [-0.25, -0.2) is 8.60 Å².